The Labute approximate surface area is 120 Å². The van der Waals surface area contributed by atoms with Crippen LogP contribution in [0.25, 0.3) is 0 Å². The summed E-state index contributed by atoms with van der Waals surface area (Å²) in [5, 5.41) is 21.5. The second-order valence-corrected chi connectivity index (χ2v) is 5.05. The van der Waals surface area contributed by atoms with Crippen LogP contribution in [0.5, 0.6) is 0 Å². The Kier molecular flexibility index (Phi) is 4.40. The van der Waals surface area contributed by atoms with Gasteiger partial charge in [-0.2, -0.15) is 18.4 Å². The lowest BCUT2D eigenvalue weighted by molar-refractivity contribution is -0.137. The van der Waals surface area contributed by atoms with Crippen molar-refractivity contribution in [3.63, 3.8) is 0 Å². The highest BCUT2D eigenvalue weighted by Gasteiger charge is 2.35. The van der Waals surface area contributed by atoms with Crippen molar-refractivity contribution in [3.05, 3.63) is 29.3 Å². The highest BCUT2D eigenvalue weighted by Crippen LogP contribution is 2.34. The van der Waals surface area contributed by atoms with Gasteiger partial charge in [0.05, 0.1) is 29.3 Å². The minimum absolute atomic E-state index is 0.154. The molecule has 1 aromatic rings. The Hall–Kier alpha value is -1.78. The largest absolute Gasteiger partial charge is 0.417 e. The number of halogens is 3. The smallest absolute Gasteiger partial charge is 0.394 e. The molecule has 0 bridgehead atoms. The lowest BCUT2D eigenvalue weighted by Gasteiger charge is -2.37. The highest BCUT2D eigenvalue weighted by atomic mass is 19.4. The van der Waals surface area contributed by atoms with Crippen molar-refractivity contribution >= 4 is 5.69 Å². The Balaban J connectivity index is 2.27. The summed E-state index contributed by atoms with van der Waals surface area (Å²) in [6.45, 7) is 0.790. The summed E-state index contributed by atoms with van der Waals surface area (Å²) in [6.07, 6.45) is -3.46. The van der Waals surface area contributed by atoms with Crippen LogP contribution in [0.4, 0.5) is 18.9 Å². The highest BCUT2D eigenvalue weighted by molar-refractivity contribution is 5.55. The van der Waals surface area contributed by atoms with Crippen LogP contribution in [0, 0.1) is 11.3 Å². The first-order valence-corrected chi connectivity index (χ1v) is 6.48. The van der Waals surface area contributed by atoms with Gasteiger partial charge < -0.3 is 15.2 Å². The molecular weight excluding hydrogens is 285 g/mol. The molecule has 2 N–H and O–H groups in total. The van der Waals surface area contributed by atoms with Gasteiger partial charge in [-0.25, -0.2) is 0 Å². The molecule has 0 aliphatic carbocycles. The third kappa shape index (κ3) is 3.46. The topological polar surface area (TPSA) is 65.3 Å². The molecule has 0 atom stereocenters. The molecule has 21 heavy (non-hydrogen) atoms. The first-order chi connectivity index (χ1) is 9.90. The number of nitrogens with one attached hydrogen (secondary N) is 1. The zero-order valence-corrected chi connectivity index (χ0v) is 11.2. The molecule has 1 fully saturated rings. The van der Waals surface area contributed by atoms with Crippen molar-refractivity contribution < 1.29 is 23.0 Å². The van der Waals surface area contributed by atoms with Crippen molar-refractivity contribution in [2.45, 2.75) is 24.6 Å². The molecule has 0 aromatic heterocycles. The van der Waals surface area contributed by atoms with Crippen LogP contribution < -0.4 is 5.32 Å². The van der Waals surface area contributed by atoms with Gasteiger partial charge in [0.25, 0.3) is 0 Å². The summed E-state index contributed by atoms with van der Waals surface area (Å²) in [5.74, 6) is 0. The number of anilines is 1. The summed E-state index contributed by atoms with van der Waals surface area (Å²) in [6, 6.07) is 4.88. The van der Waals surface area contributed by atoms with Gasteiger partial charge in [0.1, 0.15) is 0 Å². The zero-order valence-electron chi connectivity index (χ0n) is 11.2. The Morgan fingerprint density at radius 2 is 2.00 bits per heavy atom. The van der Waals surface area contributed by atoms with Crippen LogP contribution in [-0.2, 0) is 10.9 Å². The van der Waals surface area contributed by atoms with E-state index in [9.17, 15) is 18.3 Å². The standard InChI is InChI=1S/C14H15F3N2O2/c15-14(16,17)12-2-1-11(7-10(12)8-18)19-13(9-20)3-5-21-6-4-13/h1-2,7,19-20H,3-6,9H2. The fraction of sp³-hybridized carbons (Fsp3) is 0.500. The predicted octanol–water partition coefficient (Wildman–Crippen LogP) is 2.53. The maximum absolute atomic E-state index is 12.7. The van der Waals surface area contributed by atoms with Gasteiger partial charge in [-0.15, -0.1) is 0 Å². The van der Waals surface area contributed by atoms with Gasteiger partial charge in [-0.1, -0.05) is 0 Å². The molecular formula is C14H15F3N2O2. The molecule has 1 heterocycles. The van der Waals surface area contributed by atoms with E-state index in [0.717, 1.165) is 12.1 Å². The average molecular weight is 300 g/mol. The number of benzene rings is 1. The van der Waals surface area contributed by atoms with E-state index in [4.69, 9.17) is 10.00 Å². The van der Waals surface area contributed by atoms with Crippen LogP contribution >= 0.6 is 0 Å². The molecule has 1 aliphatic heterocycles. The van der Waals surface area contributed by atoms with Crippen LogP contribution in [0.15, 0.2) is 18.2 Å². The molecule has 7 heteroatoms. The average Bonchev–Trinajstić information content (AvgIpc) is 2.47. The fourth-order valence-electron chi connectivity index (χ4n) is 2.35. The molecule has 0 unspecified atom stereocenters. The normalized spacial score (nSPS) is 18.0. The lowest BCUT2D eigenvalue weighted by Crippen LogP contribution is -2.46. The number of alkyl halides is 3. The van der Waals surface area contributed by atoms with Crippen molar-refractivity contribution in [3.8, 4) is 6.07 Å². The van der Waals surface area contributed by atoms with Gasteiger partial charge in [0, 0.05) is 18.9 Å². The monoisotopic (exact) mass is 300 g/mol. The Morgan fingerprint density at radius 1 is 1.33 bits per heavy atom. The quantitative estimate of drug-likeness (QED) is 0.900. The van der Waals surface area contributed by atoms with E-state index in [-0.39, 0.29) is 6.61 Å². The summed E-state index contributed by atoms with van der Waals surface area (Å²) >= 11 is 0. The summed E-state index contributed by atoms with van der Waals surface area (Å²) < 4.78 is 43.4. The van der Waals surface area contributed by atoms with E-state index in [2.05, 4.69) is 5.32 Å². The van der Waals surface area contributed by atoms with Gasteiger partial charge in [-0.05, 0) is 31.0 Å². The zero-order chi connectivity index (χ0) is 15.5. The van der Waals surface area contributed by atoms with Gasteiger partial charge in [0.15, 0.2) is 0 Å². The van der Waals surface area contributed by atoms with E-state index in [1.54, 1.807) is 6.07 Å². The second-order valence-electron chi connectivity index (χ2n) is 5.05. The van der Waals surface area contributed by atoms with Crippen molar-refractivity contribution in [2.24, 2.45) is 0 Å². The third-order valence-corrected chi connectivity index (χ3v) is 3.61. The minimum atomic E-state index is -4.56. The molecule has 1 saturated heterocycles. The van der Waals surface area contributed by atoms with Crippen LogP contribution in [0.2, 0.25) is 0 Å². The van der Waals surface area contributed by atoms with Crippen molar-refractivity contribution in [2.75, 3.05) is 25.1 Å². The first kappa shape index (κ1) is 15.6. The number of hydrogen-bond donors (Lipinski definition) is 2. The molecule has 0 radical (unpaired) electrons. The summed E-state index contributed by atoms with van der Waals surface area (Å²) in [4.78, 5) is 0. The molecule has 4 nitrogen and oxygen atoms in total. The van der Waals surface area contributed by atoms with Crippen LogP contribution in [0.3, 0.4) is 0 Å². The van der Waals surface area contributed by atoms with E-state index in [1.165, 1.54) is 6.07 Å². The van der Waals surface area contributed by atoms with Crippen molar-refractivity contribution in [1.29, 1.82) is 5.26 Å². The van der Waals surface area contributed by atoms with Crippen LogP contribution in [0.1, 0.15) is 24.0 Å². The molecule has 0 spiro atoms. The molecule has 1 aliphatic rings. The maximum Gasteiger partial charge on any atom is 0.417 e. The number of ether oxygens (including phenoxy) is 1. The van der Waals surface area contributed by atoms with Gasteiger partial charge in [0.2, 0.25) is 0 Å². The number of rotatable bonds is 3. The Bertz CT molecular complexity index is 546. The third-order valence-electron chi connectivity index (χ3n) is 3.61. The molecule has 0 saturated carbocycles. The minimum Gasteiger partial charge on any atom is -0.394 e. The number of aliphatic hydroxyl groups is 1. The number of nitrogens with zero attached hydrogens (tertiary/aromatic N) is 1. The predicted molar refractivity (Wildman–Crippen MR) is 69.7 cm³/mol. The number of aliphatic hydroxyl groups excluding tert-OH is 1. The number of nitriles is 1. The van der Waals surface area contributed by atoms with E-state index < -0.39 is 22.8 Å². The van der Waals surface area contributed by atoms with E-state index >= 15 is 0 Å². The molecule has 0 amide bonds. The Morgan fingerprint density at radius 3 is 2.52 bits per heavy atom. The molecule has 1 aromatic carbocycles. The number of hydrogen-bond acceptors (Lipinski definition) is 4. The van der Waals surface area contributed by atoms with E-state index in [0.29, 0.717) is 31.7 Å². The van der Waals surface area contributed by atoms with E-state index in [1.807, 2.05) is 0 Å². The van der Waals surface area contributed by atoms with Gasteiger partial charge in [-0.3, -0.25) is 0 Å². The summed E-state index contributed by atoms with van der Waals surface area (Å²) in [7, 11) is 0. The summed E-state index contributed by atoms with van der Waals surface area (Å²) in [5.41, 5.74) is -1.63. The fourth-order valence-corrected chi connectivity index (χ4v) is 2.35. The lowest BCUT2D eigenvalue weighted by atomic mass is 9.90. The van der Waals surface area contributed by atoms with Gasteiger partial charge >= 0.3 is 6.18 Å². The molecule has 2 rings (SSSR count). The van der Waals surface area contributed by atoms with Crippen molar-refractivity contribution in [1.82, 2.24) is 0 Å². The maximum atomic E-state index is 12.7. The van der Waals surface area contributed by atoms with Crippen LogP contribution in [-0.4, -0.2) is 30.5 Å². The first-order valence-electron chi connectivity index (χ1n) is 6.48. The SMILES string of the molecule is N#Cc1cc(NC2(CO)CCOCC2)ccc1C(F)(F)F. The molecule has 114 valence electrons. The second kappa shape index (κ2) is 5.92.